The number of fused-ring (bicyclic) bond motifs is 1. The van der Waals surface area contributed by atoms with Crippen LogP contribution in [0.4, 0.5) is 10.3 Å². The van der Waals surface area contributed by atoms with E-state index >= 15 is 0 Å². The number of carbonyl (C=O) groups is 2. The monoisotopic (exact) mass is 398 g/mol. The van der Waals surface area contributed by atoms with Gasteiger partial charge in [0.25, 0.3) is 5.91 Å². The minimum absolute atomic E-state index is 0.211. The molecule has 1 aliphatic carbocycles. The fourth-order valence-electron chi connectivity index (χ4n) is 3.19. The number of anilines is 2. The van der Waals surface area contributed by atoms with Gasteiger partial charge < -0.3 is 5.32 Å². The van der Waals surface area contributed by atoms with E-state index in [1.54, 1.807) is 5.38 Å². The number of nitrogens with one attached hydrogen (secondary N) is 2. The molecule has 0 unspecified atom stereocenters. The Morgan fingerprint density at radius 3 is 2.70 bits per heavy atom. The number of rotatable bonds is 4. The molecule has 4 rings (SSSR count). The van der Waals surface area contributed by atoms with Gasteiger partial charge in [0.15, 0.2) is 10.3 Å². The van der Waals surface area contributed by atoms with E-state index in [9.17, 15) is 9.59 Å². The Balaban J connectivity index is 1.44. The highest BCUT2D eigenvalue weighted by Gasteiger charge is 2.24. The zero-order valence-electron chi connectivity index (χ0n) is 14.7. The molecule has 2 N–H and O–H groups in total. The largest absolute Gasteiger partial charge is 0.302 e. The lowest BCUT2D eigenvalue weighted by Crippen LogP contribution is -2.13. The topological polar surface area (TPSA) is 84.0 Å². The van der Waals surface area contributed by atoms with Crippen LogP contribution in [0.25, 0.3) is 0 Å². The summed E-state index contributed by atoms with van der Waals surface area (Å²) in [6, 6.07) is 10.5. The van der Waals surface area contributed by atoms with Crippen molar-refractivity contribution in [3.8, 4) is 0 Å². The van der Waals surface area contributed by atoms with Gasteiger partial charge in [0.2, 0.25) is 5.91 Å². The summed E-state index contributed by atoms with van der Waals surface area (Å²) in [5, 5.41) is 8.06. The molecule has 0 saturated carbocycles. The van der Waals surface area contributed by atoms with Gasteiger partial charge in [0, 0.05) is 17.2 Å². The molecule has 2 aromatic heterocycles. The molecule has 27 heavy (non-hydrogen) atoms. The van der Waals surface area contributed by atoms with Gasteiger partial charge in [0.05, 0.1) is 5.69 Å². The number of hydrogen-bond acceptors (Lipinski definition) is 6. The maximum absolute atomic E-state index is 12.4. The van der Waals surface area contributed by atoms with Crippen molar-refractivity contribution < 1.29 is 9.59 Å². The molecule has 1 atom stereocenters. The van der Waals surface area contributed by atoms with Crippen molar-refractivity contribution in [3.05, 3.63) is 57.5 Å². The Labute approximate surface area is 164 Å². The molecule has 0 bridgehead atoms. The lowest BCUT2D eigenvalue weighted by Gasteiger charge is -2.21. The summed E-state index contributed by atoms with van der Waals surface area (Å²) in [6.07, 6.45) is 2.95. The number of hydrogen-bond donors (Lipinski definition) is 2. The number of aryl methyl sites for hydroxylation is 1. The van der Waals surface area contributed by atoms with E-state index in [4.69, 9.17) is 0 Å². The highest BCUT2D eigenvalue weighted by Crippen LogP contribution is 2.37. The SMILES string of the molecule is CC(=O)Nc1nc(C(=O)Nc2nc3c(s2)C[C@H](c2ccccc2)CC3)cs1. The predicted octanol–water partition coefficient (Wildman–Crippen LogP) is 4.08. The molecular formula is C19H18N4O2S2. The minimum Gasteiger partial charge on any atom is -0.302 e. The fraction of sp³-hybridized carbons (Fsp3) is 0.263. The van der Waals surface area contributed by atoms with Crippen LogP contribution >= 0.6 is 22.7 Å². The molecule has 1 aliphatic rings. The Bertz CT molecular complexity index is 981. The lowest BCUT2D eigenvalue weighted by atomic mass is 9.85. The summed E-state index contributed by atoms with van der Waals surface area (Å²) in [5.74, 6) is -0.0214. The normalized spacial score (nSPS) is 15.8. The third kappa shape index (κ3) is 4.06. The maximum Gasteiger partial charge on any atom is 0.276 e. The van der Waals surface area contributed by atoms with Crippen molar-refractivity contribution in [2.75, 3.05) is 10.6 Å². The fourth-order valence-corrected chi connectivity index (χ4v) is 5.01. The van der Waals surface area contributed by atoms with Crippen LogP contribution in [0.3, 0.4) is 0 Å². The first kappa shape index (κ1) is 17.8. The van der Waals surface area contributed by atoms with E-state index in [2.05, 4.69) is 44.9 Å². The standard InChI is InChI=1S/C19H18N4O2S2/c1-11(24)20-18-22-15(10-26-18)17(25)23-19-21-14-8-7-13(9-16(14)27-19)12-5-3-2-4-6-12/h2-6,10,13H,7-9H2,1H3,(H,20,22,24)(H,21,23,25)/t13-/m1/s1. The highest BCUT2D eigenvalue weighted by atomic mass is 32.1. The van der Waals surface area contributed by atoms with Crippen LogP contribution in [0.2, 0.25) is 0 Å². The molecule has 6 nitrogen and oxygen atoms in total. The first-order valence-corrected chi connectivity index (χ1v) is 10.4. The number of benzene rings is 1. The van der Waals surface area contributed by atoms with Crippen LogP contribution in [0.1, 0.15) is 45.9 Å². The van der Waals surface area contributed by atoms with E-state index in [0.29, 0.717) is 16.2 Å². The van der Waals surface area contributed by atoms with Crippen molar-refractivity contribution >= 4 is 44.8 Å². The van der Waals surface area contributed by atoms with E-state index in [1.165, 1.54) is 40.0 Å². The quantitative estimate of drug-likeness (QED) is 0.693. The molecule has 0 radical (unpaired) electrons. The average molecular weight is 399 g/mol. The van der Waals surface area contributed by atoms with Gasteiger partial charge in [-0.25, -0.2) is 9.97 Å². The zero-order chi connectivity index (χ0) is 18.8. The van der Waals surface area contributed by atoms with Crippen molar-refractivity contribution in [2.45, 2.75) is 32.1 Å². The van der Waals surface area contributed by atoms with Crippen LogP contribution in [0.15, 0.2) is 35.7 Å². The first-order chi connectivity index (χ1) is 13.1. The average Bonchev–Trinajstić information content (AvgIpc) is 3.27. The summed E-state index contributed by atoms with van der Waals surface area (Å²) in [6.45, 7) is 1.41. The van der Waals surface area contributed by atoms with Gasteiger partial charge in [-0.3, -0.25) is 14.9 Å². The summed E-state index contributed by atoms with van der Waals surface area (Å²) >= 11 is 2.76. The van der Waals surface area contributed by atoms with E-state index < -0.39 is 0 Å². The number of carbonyl (C=O) groups excluding carboxylic acids is 2. The zero-order valence-corrected chi connectivity index (χ0v) is 16.3. The van der Waals surface area contributed by atoms with Gasteiger partial charge in [-0.1, -0.05) is 30.3 Å². The maximum atomic E-state index is 12.4. The third-order valence-electron chi connectivity index (χ3n) is 4.45. The van der Waals surface area contributed by atoms with Gasteiger partial charge in [-0.15, -0.1) is 22.7 Å². The molecular weight excluding hydrogens is 380 g/mol. The molecule has 2 heterocycles. The Morgan fingerprint density at radius 1 is 1.11 bits per heavy atom. The van der Waals surface area contributed by atoms with Crippen LogP contribution in [0.5, 0.6) is 0 Å². The van der Waals surface area contributed by atoms with Gasteiger partial charge in [-0.05, 0) is 30.7 Å². The highest BCUT2D eigenvalue weighted by molar-refractivity contribution is 7.16. The second-order valence-corrected chi connectivity index (χ2v) is 8.35. The summed E-state index contributed by atoms with van der Waals surface area (Å²) in [7, 11) is 0. The molecule has 0 aliphatic heterocycles. The molecule has 138 valence electrons. The molecule has 8 heteroatoms. The molecule has 3 aromatic rings. The van der Waals surface area contributed by atoms with Crippen molar-refractivity contribution in [3.63, 3.8) is 0 Å². The van der Waals surface area contributed by atoms with Crippen LogP contribution in [-0.2, 0) is 17.6 Å². The molecule has 2 amide bonds. The van der Waals surface area contributed by atoms with Crippen LogP contribution < -0.4 is 10.6 Å². The predicted molar refractivity (Wildman–Crippen MR) is 108 cm³/mol. The summed E-state index contributed by atoms with van der Waals surface area (Å²) in [5.41, 5.74) is 2.72. The van der Waals surface area contributed by atoms with Gasteiger partial charge in [0.1, 0.15) is 5.69 Å². The minimum atomic E-state index is -0.312. The molecule has 0 spiro atoms. The van der Waals surface area contributed by atoms with Gasteiger partial charge in [-0.2, -0.15) is 0 Å². The second kappa shape index (κ2) is 7.58. The van der Waals surface area contributed by atoms with Crippen molar-refractivity contribution in [1.29, 1.82) is 0 Å². The van der Waals surface area contributed by atoms with E-state index in [0.717, 1.165) is 25.0 Å². The number of nitrogens with zero attached hydrogens (tertiary/aromatic N) is 2. The number of aromatic nitrogens is 2. The van der Waals surface area contributed by atoms with Crippen molar-refractivity contribution in [2.24, 2.45) is 0 Å². The number of amides is 2. The smallest absolute Gasteiger partial charge is 0.276 e. The Kier molecular flexibility index (Phi) is 5.00. The Morgan fingerprint density at radius 2 is 1.93 bits per heavy atom. The Hall–Kier alpha value is -2.58. The third-order valence-corrected chi connectivity index (χ3v) is 6.24. The van der Waals surface area contributed by atoms with Crippen molar-refractivity contribution in [1.82, 2.24) is 9.97 Å². The first-order valence-electron chi connectivity index (χ1n) is 8.66. The molecule has 0 saturated heterocycles. The van der Waals surface area contributed by atoms with Crippen LogP contribution in [0, 0.1) is 0 Å². The number of thiazole rings is 2. The molecule has 0 fully saturated rings. The van der Waals surface area contributed by atoms with Crippen LogP contribution in [-0.4, -0.2) is 21.8 Å². The summed E-state index contributed by atoms with van der Waals surface area (Å²) < 4.78 is 0. The second-order valence-electron chi connectivity index (χ2n) is 6.41. The molecule has 1 aromatic carbocycles. The summed E-state index contributed by atoms with van der Waals surface area (Å²) in [4.78, 5) is 33.4. The van der Waals surface area contributed by atoms with E-state index in [-0.39, 0.29) is 17.5 Å². The van der Waals surface area contributed by atoms with Gasteiger partial charge >= 0.3 is 0 Å². The van der Waals surface area contributed by atoms with E-state index in [1.807, 2.05) is 6.07 Å². The lowest BCUT2D eigenvalue weighted by molar-refractivity contribution is -0.114.